The van der Waals surface area contributed by atoms with Crippen molar-refractivity contribution < 1.29 is 13.9 Å². The summed E-state index contributed by atoms with van der Waals surface area (Å²) in [6, 6.07) is 15.8. The van der Waals surface area contributed by atoms with Gasteiger partial charge < -0.3 is 13.9 Å². The van der Waals surface area contributed by atoms with E-state index in [1.807, 2.05) is 66.3 Å². The van der Waals surface area contributed by atoms with Crippen LogP contribution in [0.3, 0.4) is 0 Å². The number of aromatic nitrogens is 3. The molecule has 6 nitrogen and oxygen atoms in total. The van der Waals surface area contributed by atoms with E-state index in [4.69, 9.17) is 9.15 Å². The molecule has 2 aromatic carbocycles. The van der Waals surface area contributed by atoms with Crippen molar-refractivity contribution in [2.45, 2.75) is 39.7 Å². The van der Waals surface area contributed by atoms with E-state index in [0.29, 0.717) is 31.9 Å². The van der Waals surface area contributed by atoms with Crippen molar-refractivity contribution in [3.8, 4) is 17.2 Å². The molecule has 0 spiro atoms. The first kappa shape index (κ1) is 19.9. The highest BCUT2D eigenvalue weighted by atomic mass is 16.5. The molecule has 0 aliphatic carbocycles. The number of rotatable bonds is 9. The minimum atomic E-state index is 0.203. The van der Waals surface area contributed by atoms with Crippen molar-refractivity contribution in [1.82, 2.24) is 14.8 Å². The van der Waals surface area contributed by atoms with Crippen molar-refractivity contribution >= 4 is 16.7 Å². The molecule has 6 heteroatoms. The van der Waals surface area contributed by atoms with E-state index in [-0.39, 0.29) is 5.78 Å². The summed E-state index contributed by atoms with van der Waals surface area (Å²) in [5, 5.41) is 5.56. The van der Waals surface area contributed by atoms with E-state index in [9.17, 15) is 4.79 Å². The van der Waals surface area contributed by atoms with Gasteiger partial charge in [-0.1, -0.05) is 24.3 Å². The summed E-state index contributed by atoms with van der Waals surface area (Å²) in [6.07, 6.45) is 4.00. The van der Waals surface area contributed by atoms with Crippen LogP contribution >= 0.6 is 0 Å². The lowest BCUT2D eigenvalue weighted by Gasteiger charge is -2.06. The molecule has 0 radical (unpaired) electrons. The van der Waals surface area contributed by atoms with Gasteiger partial charge in [-0.25, -0.2) is 4.98 Å². The van der Waals surface area contributed by atoms with Crippen LogP contribution in [0.1, 0.15) is 31.2 Å². The van der Waals surface area contributed by atoms with Gasteiger partial charge in [0.15, 0.2) is 0 Å². The van der Waals surface area contributed by atoms with Crippen molar-refractivity contribution in [2.24, 2.45) is 0 Å². The van der Waals surface area contributed by atoms with Crippen LogP contribution in [0.2, 0.25) is 0 Å². The van der Waals surface area contributed by atoms with Crippen LogP contribution in [0.5, 0.6) is 5.75 Å². The molecule has 0 unspecified atom stereocenters. The van der Waals surface area contributed by atoms with E-state index in [2.05, 4.69) is 10.1 Å². The fourth-order valence-electron chi connectivity index (χ4n) is 3.42. The quantitative estimate of drug-likeness (QED) is 0.394. The predicted molar refractivity (Wildman–Crippen MR) is 116 cm³/mol. The zero-order valence-corrected chi connectivity index (χ0v) is 17.3. The SMILES string of the molecule is CC(=O)CCCn1cc2c(OCCc3nc(-c4ccccc4)oc3C)cccc2n1. The zero-order chi connectivity index (χ0) is 20.9. The Morgan fingerprint density at radius 2 is 1.97 bits per heavy atom. The molecule has 2 heterocycles. The van der Waals surface area contributed by atoms with E-state index in [0.717, 1.165) is 40.1 Å². The Morgan fingerprint density at radius 3 is 2.77 bits per heavy atom. The fourth-order valence-corrected chi connectivity index (χ4v) is 3.42. The smallest absolute Gasteiger partial charge is 0.226 e. The third kappa shape index (κ3) is 4.59. The molecule has 0 N–H and O–H groups in total. The summed E-state index contributed by atoms with van der Waals surface area (Å²) in [4.78, 5) is 15.8. The summed E-state index contributed by atoms with van der Waals surface area (Å²) >= 11 is 0. The minimum Gasteiger partial charge on any atom is -0.492 e. The number of benzene rings is 2. The average Bonchev–Trinajstić information content (AvgIpc) is 3.32. The summed E-state index contributed by atoms with van der Waals surface area (Å²) in [6.45, 7) is 4.76. The highest BCUT2D eigenvalue weighted by Gasteiger charge is 2.12. The number of hydrogen-bond donors (Lipinski definition) is 0. The molecule has 2 aromatic heterocycles. The van der Waals surface area contributed by atoms with Crippen LogP contribution in [0.15, 0.2) is 59.1 Å². The van der Waals surface area contributed by atoms with Gasteiger partial charge in [0.25, 0.3) is 0 Å². The lowest BCUT2D eigenvalue weighted by molar-refractivity contribution is -0.117. The summed E-state index contributed by atoms with van der Waals surface area (Å²) < 4.78 is 13.8. The number of carbonyl (C=O) groups is 1. The molecule has 30 heavy (non-hydrogen) atoms. The number of hydrogen-bond acceptors (Lipinski definition) is 5. The van der Waals surface area contributed by atoms with Crippen LogP contribution in [-0.2, 0) is 17.8 Å². The summed E-state index contributed by atoms with van der Waals surface area (Å²) in [5.41, 5.74) is 2.76. The maximum Gasteiger partial charge on any atom is 0.226 e. The third-order valence-electron chi connectivity index (χ3n) is 4.98. The highest BCUT2D eigenvalue weighted by Crippen LogP contribution is 2.26. The predicted octanol–water partition coefficient (Wildman–Crippen LogP) is 4.99. The second-order valence-corrected chi connectivity index (χ2v) is 7.37. The molecule has 0 bridgehead atoms. The van der Waals surface area contributed by atoms with Crippen LogP contribution in [0.4, 0.5) is 0 Å². The first-order valence-corrected chi connectivity index (χ1v) is 10.2. The first-order chi connectivity index (χ1) is 14.6. The number of aryl methyl sites for hydroxylation is 2. The van der Waals surface area contributed by atoms with Crippen LogP contribution in [0.25, 0.3) is 22.4 Å². The maximum absolute atomic E-state index is 11.1. The summed E-state index contributed by atoms with van der Waals surface area (Å²) in [7, 11) is 0. The van der Waals surface area contributed by atoms with Gasteiger partial charge in [0, 0.05) is 31.1 Å². The Labute approximate surface area is 175 Å². The fraction of sp³-hybridized carbons (Fsp3) is 0.292. The molecule has 0 fully saturated rings. The number of nitrogens with zero attached hydrogens (tertiary/aromatic N) is 3. The zero-order valence-electron chi connectivity index (χ0n) is 17.3. The molecule has 0 saturated heterocycles. The van der Waals surface area contributed by atoms with Gasteiger partial charge in [-0.15, -0.1) is 0 Å². The second kappa shape index (κ2) is 8.95. The number of carbonyl (C=O) groups excluding carboxylic acids is 1. The Balaban J connectivity index is 1.41. The number of fused-ring (bicyclic) bond motifs is 1. The van der Waals surface area contributed by atoms with Crippen molar-refractivity contribution in [3.05, 3.63) is 66.2 Å². The number of oxazole rings is 1. The van der Waals surface area contributed by atoms with Crippen LogP contribution in [-0.4, -0.2) is 27.2 Å². The Hall–Kier alpha value is -3.41. The van der Waals surface area contributed by atoms with E-state index < -0.39 is 0 Å². The second-order valence-electron chi connectivity index (χ2n) is 7.37. The standard InChI is InChI=1S/C24H25N3O3/c1-17(28)8-7-14-27-16-20-22(26-27)11-6-12-23(20)29-15-13-21-18(2)30-24(25-21)19-9-4-3-5-10-19/h3-6,9-12,16H,7-8,13-15H2,1-2H3. The van der Waals surface area contributed by atoms with Gasteiger partial charge in [0.1, 0.15) is 17.3 Å². The van der Waals surface area contributed by atoms with Gasteiger partial charge in [-0.3, -0.25) is 4.68 Å². The Morgan fingerprint density at radius 1 is 1.13 bits per heavy atom. The molecular weight excluding hydrogens is 378 g/mol. The lowest BCUT2D eigenvalue weighted by Crippen LogP contribution is -2.03. The molecule has 0 aliphatic heterocycles. The van der Waals surface area contributed by atoms with Crippen LogP contribution < -0.4 is 4.74 Å². The first-order valence-electron chi connectivity index (χ1n) is 10.2. The number of ether oxygens (including phenoxy) is 1. The molecule has 0 amide bonds. The third-order valence-corrected chi connectivity index (χ3v) is 4.98. The van der Waals surface area contributed by atoms with Gasteiger partial charge in [-0.05, 0) is 44.5 Å². The highest BCUT2D eigenvalue weighted by molar-refractivity contribution is 5.84. The largest absolute Gasteiger partial charge is 0.492 e. The molecule has 0 atom stereocenters. The molecule has 4 rings (SSSR count). The molecule has 154 valence electrons. The molecule has 4 aromatic rings. The molecular formula is C24H25N3O3. The number of Topliss-reactive ketones (excluding diaryl/α,β-unsaturated/α-hetero) is 1. The van der Waals surface area contributed by atoms with Gasteiger partial charge in [0.05, 0.1) is 23.2 Å². The normalized spacial score (nSPS) is 11.1. The molecule has 0 aliphatic rings. The maximum atomic E-state index is 11.1. The van der Waals surface area contributed by atoms with Gasteiger partial charge in [0.2, 0.25) is 5.89 Å². The molecule has 0 saturated carbocycles. The van der Waals surface area contributed by atoms with E-state index in [1.54, 1.807) is 6.92 Å². The summed E-state index contributed by atoms with van der Waals surface area (Å²) in [5.74, 6) is 2.45. The number of ketones is 1. The average molecular weight is 403 g/mol. The Kier molecular flexibility index (Phi) is 5.93. The lowest BCUT2D eigenvalue weighted by atomic mass is 10.2. The van der Waals surface area contributed by atoms with Gasteiger partial charge >= 0.3 is 0 Å². The monoisotopic (exact) mass is 403 g/mol. The minimum absolute atomic E-state index is 0.203. The van der Waals surface area contributed by atoms with Crippen LogP contribution in [0, 0.1) is 6.92 Å². The van der Waals surface area contributed by atoms with Gasteiger partial charge in [-0.2, -0.15) is 5.10 Å². The van der Waals surface area contributed by atoms with E-state index in [1.165, 1.54) is 0 Å². The van der Waals surface area contributed by atoms with Crippen molar-refractivity contribution in [1.29, 1.82) is 0 Å². The Bertz CT molecular complexity index is 1150. The topological polar surface area (TPSA) is 70.2 Å². The van der Waals surface area contributed by atoms with Crippen molar-refractivity contribution in [3.63, 3.8) is 0 Å². The van der Waals surface area contributed by atoms with E-state index >= 15 is 0 Å². The van der Waals surface area contributed by atoms with Crippen molar-refractivity contribution in [2.75, 3.05) is 6.61 Å².